The van der Waals surface area contributed by atoms with E-state index >= 15 is 0 Å². The maximum atomic E-state index is 10.5. The van der Waals surface area contributed by atoms with Crippen LogP contribution >= 0.6 is 7.60 Å². The molecule has 0 aromatic heterocycles. The Morgan fingerprint density at radius 3 is 1.64 bits per heavy atom. The van der Waals surface area contributed by atoms with Crippen LogP contribution in [-0.2, 0) is 4.57 Å². The molecule has 4 N–H and O–H groups in total. The maximum Gasteiger partial charge on any atom is 1.00 e. The van der Waals surface area contributed by atoms with Gasteiger partial charge < -0.3 is 25.8 Å². The van der Waals surface area contributed by atoms with Crippen molar-refractivity contribution in [2.75, 3.05) is 11.5 Å². The summed E-state index contributed by atoms with van der Waals surface area (Å²) in [5.41, 5.74) is 10.9. The van der Waals surface area contributed by atoms with Crippen molar-refractivity contribution in [2.45, 2.75) is 0 Å². The molecule has 1 rings (SSSR count). The molecule has 0 heterocycles. The average molecular weight is 232 g/mol. The molecule has 5 nitrogen and oxygen atoms in total. The van der Waals surface area contributed by atoms with E-state index in [-0.39, 0.29) is 75.8 Å². The number of hydrogen-bond donors (Lipinski definition) is 2. The zero-order valence-electron chi connectivity index (χ0n) is 8.06. The van der Waals surface area contributed by atoms with Crippen molar-refractivity contribution in [1.29, 1.82) is 0 Å². The van der Waals surface area contributed by atoms with Crippen molar-refractivity contribution in [3.05, 3.63) is 18.2 Å². The minimum atomic E-state index is -4.73. The van der Waals surface area contributed by atoms with E-state index in [0.29, 0.717) is 0 Å². The van der Waals surface area contributed by atoms with Crippen molar-refractivity contribution in [3.8, 4) is 0 Å². The summed E-state index contributed by atoms with van der Waals surface area (Å²) in [5, 5.41) is -0.375. The van der Waals surface area contributed by atoms with Gasteiger partial charge in [0.1, 0.15) is 0 Å². The Balaban J connectivity index is 0. The second kappa shape index (κ2) is 6.53. The maximum absolute atomic E-state index is 10.5. The van der Waals surface area contributed by atoms with Gasteiger partial charge in [-0.25, -0.2) is 0 Å². The van der Waals surface area contributed by atoms with Gasteiger partial charge in [-0.1, -0.05) is 0 Å². The Labute approximate surface area is 126 Å². The predicted molar refractivity (Wildman–Crippen MR) is 42.5 cm³/mol. The molecule has 1 aromatic carbocycles. The van der Waals surface area contributed by atoms with E-state index in [1.165, 1.54) is 6.07 Å². The molecule has 0 aliphatic carbocycles. The summed E-state index contributed by atoms with van der Waals surface area (Å²) in [6.07, 6.45) is 0. The normalized spacial score (nSPS) is 9.86. The van der Waals surface area contributed by atoms with Crippen molar-refractivity contribution >= 4 is 24.3 Å². The number of hydrogen-bond acceptors (Lipinski definition) is 5. The van der Waals surface area contributed by atoms with Crippen molar-refractivity contribution in [3.63, 3.8) is 0 Å². The molecule has 0 unspecified atom stereocenters. The molecule has 0 fully saturated rings. The standard InChI is InChI=1S/C6H9N2O3P.2Na/c7-4-1-5(8)3-6(2-4)12(9,10)11;;/h1-3H,7-8H2,(H2,9,10,11);;/q;2*+1/p-2. The van der Waals surface area contributed by atoms with Crippen LogP contribution in [0.5, 0.6) is 0 Å². The Morgan fingerprint density at radius 1 is 1.00 bits per heavy atom. The fraction of sp³-hybridized carbons (Fsp3) is 0. The van der Waals surface area contributed by atoms with Gasteiger partial charge in [-0.05, 0) is 31.1 Å². The molecule has 0 aliphatic heterocycles. The molecule has 0 radical (unpaired) electrons. The van der Waals surface area contributed by atoms with Crippen molar-refractivity contribution in [2.24, 2.45) is 0 Å². The molecule has 14 heavy (non-hydrogen) atoms. The van der Waals surface area contributed by atoms with Crippen LogP contribution in [0.4, 0.5) is 11.4 Å². The first-order valence-corrected chi connectivity index (χ1v) is 4.62. The van der Waals surface area contributed by atoms with Crippen LogP contribution in [0.15, 0.2) is 18.2 Å². The summed E-state index contributed by atoms with van der Waals surface area (Å²) >= 11 is 0. The third-order valence-electron chi connectivity index (χ3n) is 1.28. The third-order valence-corrected chi connectivity index (χ3v) is 2.17. The molecule has 0 amide bonds. The Kier molecular flexibility index (Phi) is 8.10. The first kappa shape index (κ1) is 17.4. The van der Waals surface area contributed by atoms with Crippen LogP contribution in [0.1, 0.15) is 0 Å². The van der Waals surface area contributed by atoms with Crippen LogP contribution in [0.2, 0.25) is 0 Å². The van der Waals surface area contributed by atoms with Gasteiger partial charge in [0.05, 0.1) is 0 Å². The summed E-state index contributed by atoms with van der Waals surface area (Å²) in [5.74, 6) is 0. The van der Waals surface area contributed by atoms with Gasteiger partial charge in [-0.2, -0.15) is 0 Å². The summed E-state index contributed by atoms with van der Waals surface area (Å²) in [4.78, 5) is 21.0. The molecule has 8 heteroatoms. The SMILES string of the molecule is Nc1cc(N)cc(P(=O)([O-])[O-])c1.[Na+].[Na+]. The predicted octanol–water partition coefficient (Wildman–Crippen LogP) is -7.60. The van der Waals surface area contributed by atoms with Crippen LogP contribution in [0.3, 0.4) is 0 Å². The second-order valence-corrected chi connectivity index (χ2v) is 3.87. The fourth-order valence-corrected chi connectivity index (χ4v) is 1.43. The third kappa shape index (κ3) is 5.16. The average Bonchev–Trinajstić information content (AvgIpc) is 1.82. The zero-order valence-corrected chi connectivity index (χ0v) is 13.0. The largest absolute Gasteiger partial charge is 1.00 e. The topological polar surface area (TPSA) is 115 Å². The molecule has 0 spiro atoms. The minimum absolute atomic E-state index is 0. The Hall–Kier alpha value is 0.970. The zero-order chi connectivity index (χ0) is 9.35. The van der Waals surface area contributed by atoms with Gasteiger partial charge in [0.25, 0.3) is 0 Å². The molecular weight excluding hydrogens is 225 g/mol. The van der Waals surface area contributed by atoms with Gasteiger partial charge in [-0.3, -0.25) is 0 Å². The summed E-state index contributed by atoms with van der Waals surface area (Å²) in [6.45, 7) is 0. The van der Waals surface area contributed by atoms with Crippen LogP contribution < -0.4 is 85.7 Å². The van der Waals surface area contributed by atoms with E-state index in [1.807, 2.05) is 0 Å². The monoisotopic (exact) mass is 232 g/mol. The summed E-state index contributed by atoms with van der Waals surface area (Å²) in [7, 11) is -4.73. The van der Waals surface area contributed by atoms with Gasteiger partial charge >= 0.3 is 59.1 Å². The van der Waals surface area contributed by atoms with Gasteiger partial charge in [-0.15, -0.1) is 0 Å². The van der Waals surface area contributed by atoms with E-state index in [9.17, 15) is 14.4 Å². The van der Waals surface area contributed by atoms with Crippen LogP contribution in [0.25, 0.3) is 0 Å². The summed E-state index contributed by atoms with van der Waals surface area (Å²) in [6, 6.07) is 3.54. The van der Waals surface area contributed by atoms with E-state index in [4.69, 9.17) is 11.5 Å². The van der Waals surface area contributed by atoms with Crippen molar-refractivity contribution < 1.29 is 73.5 Å². The van der Waals surface area contributed by atoms with E-state index < -0.39 is 7.60 Å². The van der Waals surface area contributed by atoms with E-state index in [1.54, 1.807) is 0 Å². The molecule has 0 bridgehead atoms. The molecule has 66 valence electrons. The number of benzene rings is 1. The molecule has 0 atom stereocenters. The van der Waals surface area contributed by atoms with E-state index in [2.05, 4.69) is 0 Å². The molecule has 1 aromatic rings. The summed E-state index contributed by atoms with van der Waals surface area (Å²) < 4.78 is 10.5. The number of nitrogen functional groups attached to an aromatic ring is 2. The first-order valence-electron chi connectivity index (χ1n) is 3.08. The molecule has 0 aliphatic rings. The molecular formula is C6H7N2Na2O3P. The second-order valence-electron chi connectivity index (χ2n) is 2.36. The first-order chi connectivity index (χ1) is 5.39. The Bertz CT molecular complexity index is 335. The Morgan fingerprint density at radius 2 is 1.36 bits per heavy atom. The van der Waals surface area contributed by atoms with Gasteiger partial charge in [0.2, 0.25) is 0 Å². The van der Waals surface area contributed by atoms with E-state index in [0.717, 1.165) is 12.1 Å². The fourth-order valence-electron chi connectivity index (χ4n) is 0.817. The number of nitrogens with two attached hydrogens (primary N) is 2. The number of rotatable bonds is 1. The molecule has 0 saturated carbocycles. The van der Waals surface area contributed by atoms with Crippen LogP contribution in [-0.4, -0.2) is 0 Å². The quantitative estimate of drug-likeness (QED) is 0.283. The van der Waals surface area contributed by atoms with Crippen LogP contribution in [0, 0.1) is 0 Å². The minimum Gasteiger partial charge on any atom is -0.807 e. The van der Waals surface area contributed by atoms with Crippen molar-refractivity contribution in [1.82, 2.24) is 0 Å². The number of anilines is 2. The van der Waals surface area contributed by atoms with Gasteiger partial charge in [0, 0.05) is 11.4 Å². The molecule has 0 saturated heterocycles. The van der Waals surface area contributed by atoms with Gasteiger partial charge in [0.15, 0.2) is 0 Å². The smallest absolute Gasteiger partial charge is 0.807 e.